The predicted octanol–water partition coefficient (Wildman–Crippen LogP) is 6.75. The van der Waals surface area contributed by atoms with Crippen LogP contribution < -0.4 is 4.90 Å². The third-order valence-electron chi connectivity index (χ3n) is 9.55. The molecule has 1 amide bonds. The quantitative estimate of drug-likeness (QED) is 0.0532. The smallest absolute Gasteiger partial charge is 0.317 e. The summed E-state index contributed by atoms with van der Waals surface area (Å²) in [6.07, 6.45) is 11.0. The maximum absolute atomic E-state index is 13.9. The summed E-state index contributed by atoms with van der Waals surface area (Å²) < 4.78 is 21.1. The van der Waals surface area contributed by atoms with Gasteiger partial charge in [0, 0.05) is 24.9 Å². The summed E-state index contributed by atoms with van der Waals surface area (Å²) in [7, 11) is 1.57. The number of hydrogen-bond donors (Lipinski definition) is 2. The van der Waals surface area contributed by atoms with E-state index in [0.29, 0.717) is 43.4 Å². The number of hydrogen-bond acceptors (Lipinski definition) is 7. The van der Waals surface area contributed by atoms with Gasteiger partial charge in [-0.3, -0.25) is 23.9 Å². The van der Waals surface area contributed by atoms with Gasteiger partial charge in [0.25, 0.3) is 0 Å². The molecule has 11 nitrogen and oxygen atoms in total. The zero-order valence-corrected chi connectivity index (χ0v) is 29.4. The highest BCUT2D eigenvalue weighted by Crippen LogP contribution is 2.41. The third kappa shape index (κ3) is 10.3. The number of carboxylic acids is 2. The number of aromatic nitrogens is 3. The SMILES string of the molecule is C/C=C(\C(=O)/C=C(\CC)CCCC(C(=O)O)C(=O)O)C1C(CCC(OC)c2ccc(F)cc2)C(=O)N1c1ccc(CCCCn2cncn2)cc1. The van der Waals surface area contributed by atoms with Crippen LogP contribution in [0.1, 0.15) is 82.4 Å². The minimum Gasteiger partial charge on any atom is -0.481 e. The first-order valence-electron chi connectivity index (χ1n) is 17.5. The van der Waals surface area contributed by atoms with Crippen LogP contribution in [-0.4, -0.2) is 61.8 Å². The third-order valence-corrected chi connectivity index (χ3v) is 9.55. The van der Waals surface area contributed by atoms with E-state index >= 15 is 0 Å². The molecule has 272 valence electrons. The van der Waals surface area contributed by atoms with Crippen LogP contribution in [0.25, 0.3) is 0 Å². The van der Waals surface area contributed by atoms with Crippen LogP contribution in [0, 0.1) is 17.7 Å². The normalized spacial score (nSPS) is 17.0. The number of carbonyl (C=O) groups excluding carboxylic acids is 2. The van der Waals surface area contributed by atoms with Gasteiger partial charge in [-0.15, -0.1) is 0 Å². The summed E-state index contributed by atoms with van der Waals surface area (Å²) in [5.41, 5.74) is 3.85. The predicted molar refractivity (Wildman–Crippen MR) is 189 cm³/mol. The Morgan fingerprint density at radius 1 is 1.00 bits per heavy atom. The van der Waals surface area contributed by atoms with Crippen molar-refractivity contribution in [3.63, 3.8) is 0 Å². The second-order valence-corrected chi connectivity index (χ2v) is 12.8. The number of unbranched alkanes of at least 4 members (excludes halogenated alkanes) is 1. The number of anilines is 1. The van der Waals surface area contributed by atoms with E-state index in [2.05, 4.69) is 10.1 Å². The molecule has 1 saturated heterocycles. The first-order chi connectivity index (χ1) is 24.6. The molecule has 1 aliphatic rings. The lowest BCUT2D eigenvalue weighted by Crippen LogP contribution is -2.63. The van der Waals surface area contributed by atoms with Gasteiger partial charge < -0.3 is 19.8 Å². The van der Waals surface area contributed by atoms with E-state index in [4.69, 9.17) is 4.74 Å². The molecule has 0 saturated carbocycles. The molecule has 2 aromatic carbocycles. The van der Waals surface area contributed by atoms with Crippen molar-refractivity contribution in [3.05, 3.63) is 101 Å². The lowest BCUT2D eigenvalue weighted by atomic mass is 9.76. The molecule has 51 heavy (non-hydrogen) atoms. The van der Waals surface area contributed by atoms with Gasteiger partial charge in [0.15, 0.2) is 11.7 Å². The van der Waals surface area contributed by atoms with E-state index in [-0.39, 0.29) is 30.0 Å². The number of β-lactam (4-membered cyclic amide) rings is 1. The van der Waals surface area contributed by atoms with E-state index in [1.165, 1.54) is 18.5 Å². The fourth-order valence-corrected chi connectivity index (χ4v) is 6.64. The average molecular weight is 703 g/mol. The molecule has 0 aliphatic carbocycles. The number of ketones is 1. The van der Waals surface area contributed by atoms with Crippen molar-refractivity contribution < 1.29 is 38.5 Å². The number of allylic oxidation sites excluding steroid dienone is 3. The topological polar surface area (TPSA) is 152 Å². The maximum Gasteiger partial charge on any atom is 0.317 e. The molecule has 0 radical (unpaired) electrons. The lowest BCUT2D eigenvalue weighted by Gasteiger charge is -2.48. The number of rotatable bonds is 21. The largest absolute Gasteiger partial charge is 0.481 e. The van der Waals surface area contributed by atoms with E-state index in [9.17, 15) is 33.8 Å². The minimum atomic E-state index is -1.50. The van der Waals surface area contributed by atoms with Crippen molar-refractivity contribution in [2.45, 2.75) is 90.3 Å². The standard InChI is InChI=1S/C39H47FN4O7/c1-4-26(10-8-11-33(38(47)48)39(49)50)23-34(45)31(5-2)36-32(20-21-35(51-3)28-14-16-29(40)17-15-28)37(46)44(36)30-18-12-27(13-19-30)9-6-7-22-43-25-41-24-42-43/h5,12-19,23-25,32-33,35-36H,4,6-11,20-22H2,1-3H3,(H,47,48)(H,49,50)/b26-23+,31-5+. The van der Waals surface area contributed by atoms with E-state index < -0.39 is 29.8 Å². The fraction of sp³-hybridized carbons (Fsp3) is 0.436. The monoisotopic (exact) mass is 702 g/mol. The Balaban J connectivity index is 1.52. The van der Waals surface area contributed by atoms with Crippen LogP contribution in [0.2, 0.25) is 0 Å². The number of aryl methyl sites for hydroxylation is 2. The minimum absolute atomic E-state index is 0.0494. The van der Waals surface area contributed by atoms with Crippen molar-refractivity contribution in [3.8, 4) is 0 Å². The zero-order valence-electron chi connectivity index (χ0n) is 29.4. The van der Waals surface area contributed by atoms with Gasteiger partial charge in [0.05, 0.1) is 18.1 Å². The van der Waals surface area contributed by atoms with Gasteiger partial charge in [-0.2, -0.15) is 5.10 Å². The molecule has 3 unspecified atom stereocenters. The first kappa shape index (κ1) is 38.8. The van der Waals surface area contributed by atoms with Gasteiger partial charge in [-0.05, 0) is 106 Å². The number of aliphatic carboxylic acids is 2. The molecule has 0 spiro atoms. The second kappa shape index (κ2) is 18.9. The van der Waals surface area contributed by atoms with E-state index in [0.717, 1.165) is 42.5 Å². The number of carboxylic acid groups (broad SMARTS) is 2. The fourth-order valence-electron chi connectivity index (χ4n) is 6.64. The number of ether oxygens (including phenoxy) is 1. The van der Waals surface area contributed by atoms with Crippen LogP contribution in [0.15, 0.2) is 84.5 Å². The van der Waals surface area contributed by atoms with Gasteiger partial charge in [0.2, 0.25) is 5.91 Å². The van der Waals surface area contributed by atoms with Crippen molar-refractivity contribution >= 4 is 29.3 Å². The Kier molecular flexibility index (Phi) is 14.4. The summed E-state index contributed by atoms with van der Waals surface area (Å²) >= 11 is 0. The molecule has 3 aromatic rings. The van der Waals surface area contributed by atoms with E-state index in [1.54, 1.807) is 54.2 Å². The molecule has 0 bridgehead atoms. The number of nitrogens with zero attached hydrogens (tertiary/aromatic N) is 4. The highest BCUT2D eigenvalue weighted by molar-refractivity contribution is 6.12. The number of benzene rings is 2. The Morgan fingerprint density at radius 3 is 2.29 bits per heavy atom. The van der Waals surface area contributed by atoms with Gasteiger partial charge in [-0.25, -0.2) is 9.37 Å². The Morgan fingerprint density at radius 2 is 1.71 bits per heavy atom. The van der Waals surface area contributed by atoms with Crippen molar-refractivity contribution in [2.24, 2.45) is 11.8 Å². The second-order valence-electron chi connectivity index (χ2n) is 12.8. The molecule has 3 atom stereocenters. The van der Waals surface area contributed by atoms with Crippen LogP contribution in [-0.2, 0) is 36.9 Å². The van der Waals surface area contributed by atoms with E-state index in [1.807, 2.05) is 31.2 Å². The molecule has 2 heterocycles. The summed E-state index contributed by atoms with van der Waals surface area (Å²) in [6.45, 7) is 4.45. The molecule has 1 aliphatic heterocycles. The van der Waals surface area contributed by atoms with Crippen LogP contribution in [0.4, 0.5) is 10.1 Å². The van der Waals surface area contributed by atoms with Crippen molar-refractivity contribution in [1.82, 2.24) is 14.8 Å². The summed E-state index contributed by atoms with van der Waals surface area (Å²) in [5.74, 6) is -5.48. The van der Waals surface area contributed by atoms with Crippen molar-refractivity contribution in [2.75, 3.05) is 12.0 Å². The number of methoxy groups -OCH3 is 1. The Hall–Kier alpha value is -4.97. The maximum atomic E-state index is 13.9. The molecule has 2 N–H and O–H groups in total. The van der Waals surface area contributed by atoms with Gasteiger partial charge in [0.1, 0.15) is 18.5 Å². The number of halogens is 1. The Bertz CT molecular complexity index is 1670. The highest BCUT2D eigenvalue weighted by Gasteiger charge is 2.50. The van der Waals surface area contributed by atoms with Crippen LogP contribution in [0.3, 0.4) is 0 Å². The average Bonchev–Trinajstić information content (AvgIpc) is 3.64. The summed E-state index contributed by atoms with van der Waals surface area (Å²) in [5, 5.41) is 22.6. The number of amides is 1. The summed E-state index contributed by atoms with van der Waals surface area (Å²) in [6, 6.07) is 13.4. The van der Waals surface area contributed by atoms with Crippen LogP contribution >= 0.6 is 0 Å². The highest BCUT2D eigenvalue weighted by atomic mass is 19.1. The summed E-state index contributed by atoms with van der Waals surface area (Å²) in [4.78, 5) is 56.1. The lowest BCUT2D eigenvalue weighted by molar-refractivity contribution is -0.154. The Labute approximate surface area is 297 Å². The number of carbonyl (C=O) groups is 4. The van der Waals surface area contributed by atoms with Gasteiger partial charge in [-0.1, -0.05) is 42.8 Å². The molecule has 4 rings (SSSR count). The molecule has 1 fully saturated rings. The zero-order chi connectivity index (χ0) is 36.9. The first-order valence-corrected chi connectivity index (χ1v) is 17.5. The molecule has 12 heteroatoms. The van der Waals surface area contributed by atoms with Gasteiger partial charge >= 0.3 is 11.9 Å². The molecule has 1 aromatic heterocycles. The van der Waals surface area contributed by atoms with Crippen molar-refractivity contribution in [1.29, 1.82) is 0 Å². The molecular formula is C39H47FN4O7. The van der Waals surface area contributed by atoms with Crippen LogP contribution in [0.5, 0.6) is 0 Å². The molecular weight excluding hydrogens is 655 g/mol.